The standard InChI is InChI=1S/C13H30N2/c1-11(2)6-8-15(10-13(5)14)9-7-12(3)4/h11-13H,6-10,14H2,1-5H3/t13-/m1/s1. The van der Waals surface area contributed by atoms with Crippen LogP contribution in [0.1, 0.15) is 47.5 Å². The highest BCUT2D eigenvalue weighted by Gasteiger charge is 2.08. The van der Waals surface area contributed by atoms with Crippen LogP contribution in [0, 0.1) is 11.8 Å². The minimum atomic E-state index is 0.296. The van der Waals surface area contributed by atoms with E-state index in [2.05, 4.69) is 39.5 Å². The molecular formula is C13H30N2. The van der Waals surface area contributed by atoms with Crippen molar-refractivity contribution in [1.82, 2.24) is 4.90 Å². The summed E-state index contributed by atoms with van der Waals surface area (Å²) in [6.45, 7) is 14.7. The van der Waals surface area contributed by atoms with Crippen molar-refractivity contribution in [2.45, 2.75) is 53.5 Å². The topological polar surface area (TPSA) is 29.3 Å². The van der Waals surface area contributed by atoms with Crippen LogP contribution in [0.25, 0.3) is 0 Å². The zero-order chi connectivity index (χ0) is 11.8. The quantitative estimate of drug-likeness (QED) is 0.673. The van der Waals surface area contributed by atoms with Crippen LogP contribution in [-0.4, -0.2) is 30.6 Å². The summed E-state index contributed by atoms with van der Waals surface area (Å²) in [5.74, 6) is 1.58. The predicted molar refractivity (Wildman–Crippen MR) is 69.0 cm³/mol. The molecule has 0 saturated carbocycles. The van der Waals surface area contributed by atoms with E-state index >= 15 is 0 Å². The van der Waals surface area contributed by atoms with E-state index in [9.17, 15) is 0 Å². The zero-order valence-corrected chi connectivity index (χ0v) is 11.3. The third kappa shape index (κ3) is 10.2. The fourth-order valence-electron chi connectivity index (χ4n) is 1.58. The average Bonchev–Trinajstić information content (AvgIpc) is 2.08. The van der Waals surface area contributed by atoms with Gasteiger partial charge in [-0.25, -0.2) is 0 Å². The minimum Gasteiger partial charge on any atom is -0.327 e. The van der Waals surface area contributed by atoms with Crippen molar-refractivity contribution in [3.8, 4) is 0 Å². The summed E-state index contributed by atoms with van der Waals surface area (Å²) in [5, 5.41) is 0. The van der Waals surface area contributed by atoms with Crippen molar-refractivity contribution in [2.75, 3.05) is 19.6 Å². The number of hydrogen-bond donors (Lipinski definition) is 1. The van der Waals surface area contributed by atoms with Gasteiger partial charge in [-0.2, -0.15) is 0 Å². The molecule has 0 unspecified atom stereocenters. The SMILES string of the molecule is CC(C)CCN(CCC(C)C)C[C@@H](C)N. The Labute approximate surface area is 96.2 Å². The molecule has 0 spiro atoms. The fraction of sp³-hybridized carbons (Fsp3) is 1.00. The smallest absolute Gasteiger partial charge is 0.0139 e. The maximum absolute atomic E-state index is 5.86. The van der Waals surface area contributed by atoms with E-state index in [0.29, 0.717) is 6.04 Å². The predicted octanol–water partition coefficient (Wildman–Crippen LogP) is 2.73. The van der Waals surface area contributed by atoms with Crippen LogP contribution in [0.2, 0.25) is 0 Å². The normalized spacial score (nSPS) is 14.2. The summed E-state index contributed by atoms with van der Waals surface area (Å²) >= 11 is 0. The van der Waals surface area contributed by atoms with Gasteiger partial charge in [-0.3, -0.25) is 0 Å². The van der Waals surface area contributed by atoms with Gasteiger partial charge in [-0.05, 0) is 44.7 Å². The highest BCUT2D eigenvalue weighted by atomic mass is 15.1. The third-order valence-corrected chi connectivity index (χ3v) is 2.59. The van der Waals surface area contributed by atoms with E-state index in [1.54, 1.807) is 0 Å². The molecule has 0 bridgehead atoms. The van der Waals surface area contributed by atoms with Crippen LogP contribution in [0.5, 0.6) is 0 Å². The highest BCUT2D eigenvalue weighted by molar-refractivity contribution is 4.66. The van der Waals surface area contributed by atoms with Crippen molar-refractivity contribution < 1.29 is 0 Å². The van der Waals surface area contributed by atoms with Crippen molar-refractivity contribution >= 4 is 0 Å². The first-order valence-electron chi connectivity index (χ1n) is 6.39. The molecule has 0 aromatic heterocycles. The summed E-state index contributed by atoms with van der Waals surface area (Å²) in [7, 11) is 0. The lowest BCUT2D eigenvalue weighted by atomic mass is 10.1. The molecule has 0 amide bonds. The Kier molecular flexibility index (Phi) is 8.07. The van der Waals surface area contributed by atoms with Gasteiger partial charge in [-0.1, -0.05) is 27.7 Å². The second kappa shape index (κ2) is 8.12. The Bertz CT molecular complexity index is 129. The van der Waals surface area contributed by atoms with Crippen LogP contribution in [0.4, 0.5) is 0 Å². The lowest BCUT2D eigenvalue weighted by Gasteiger charge is -2.25. The summed E-state index contributed by atoms with van der Waals surface area (Å²) in [6.07, 6.45) is 2.57. The van der Waals surface area contributed by atoms with Crippen LogP contribution >= 0.6 is 0 Å². The molecular weight excluding hydrogens is 184 g/mol. The van der Waals surface area contributed by atoms with Gasteiger partial charge >= 0.3 is 0 Å². The van der Waals surface area contributed by atoms with E-state index < -0.39 is 0 Å². The fourth-order valence-corrected chi connectivity index (χ4v) is 1.58. The summed E-state index contributed by atoms with van der Waals surface area (Å²) in [6, 6.07) is 0.296. The number of nitrogens with zero attached hydrogens (tertiary/aromatic N) is 1. The molecule has 0 saturated heterocycles. The molecule has 0 aliphatic heterocycles. The molecule has 0 radical (unpaired) electrons. The first-order valence-corrected chi connectivity index (χ1v) is 6.39. The third-order valence-electron chi connectivity index (χ3n) is 2.59. The zero-order valence-electron chi connectivity index (χ0n) is 11.3. The molecule has 0 heterocycles. The number of hydrogen-bond acceptors (Lipinski definition) is 2. The number of nitrogens with two attached hydrogens (primary N) is 1. The van der Waals surface area contributed by atoms with E-state index in [1.165, 1.54) is 25.9 Å². The second-order valence-electron chi connectivity index (χ2n) is 5.64. The van der Waals surface area contributed by atoms with Crippen molar-refractivity contribution in [1.29, 1.82) is 0 Å². The molecule has 0 aliphatic carbocycles. The van der Waals surface area contributed by atoms with Gasteiger partial charge in [-0.15, -0.1) is 0 Å². The molecule has 1 atom stereocenters. The maximum Gasteiger partial charge on any atom is 0.0139 e. The van der Waals surface area contributed by atoms with E-state index in [-0.39, 0.29) is 0 Å². The van der Waals surface area contributed by atoms with Crippen molar-refractivity contribution in [3.05, 3.63) is 0 Å². The van der Waals surface area contributed by atoms with Gasteiger partial charge in [0.25, 0.3) is 0 Å². The maximum atomic E-state index is 5.86. The van der Waals surface area contributed by atoms with E-state index in [4.69, 9.17) is 5.73 Å². The molecule has 15 heavy (non-hydrogen) atoms. The lowest BCUT2D eigenvalue weighted by Crippen LogP contribution is -2.37. The van der Waals surface area contributed by atoms with Gasteiger partial charge < -0.3 is 10.6 Å². The Morgan fingerprint density at radius 2 is 1.27 bits per heavy atom. The van der Waals surface area contributed by atoms with Crippen molar-refractivity contribution in [3.63, 3.8) is 0 Å². The Hall–Kier alpha value is -0.0800. The van der Waals surface area contributed by atoms with Crippen LogP contribution in [0.3, 0.4) is 0 Å². The minimum absolute atomic E-state index is 0.296. The van der Waals surface area contributed by atoms with Gasteiger partial charge in [0.05, 0.1) is 0 Å². The van der Waals surface area contributed by atoms with E-state index in [0.717, 1.165) is 18.4 Å². The molecule has 92 valence electrons. The lowest BCUT2D eigenvalue weighted by molar-refractivity contribution is 0.233. The van der Waals surface area contributed by atoms with Gasteiger partial charge in [0.2, 0.25) is 0 Å². The Balaban J connectivity index is 3.84. The Morgan fingerprint density at radius 1 is 0.867 bits per heavy atom. The molecule has 0 fully saturated rings. The summed E-state index contributed by atoms with van der Waals surface area (Å²) in [4.78, 5) is 2.52. The van der Waals surface area contributed by atoms with E-state index in [1.807, 2.05) is 0 Å². The first-order chi connectivity index (χ1) is 6.91. The van der Waals surface area contributed by atoms with Gasteiger partial charge in [0.15, 0.2) is 0 Å². The molecule has 0 aromatic rings. The van der Waals surface area contributed by atoms with Gasteiger partial charge in [0, 0.05) is 12.6 Å². The molecule has 2 heteroatoms. The highest BCUT2D eigenvalue weighted by Crippen LogP contribution is 2.06. The monoisotopic (exact) mass is 214 g/mol. The number of rotatable bonds is 8. The summed E-state index contributed by atoms with van der Waals surface area (Å²) in [5.41, 5.74) is 5.86. The van der Waals surface area contributed by atoms with Crippen LogP contribution in [-0.2, 0) is 0 Å². The summed E-state index contributed by atoms with van der Waals surface area (Å²) < 4.78 is 0. The van der Waals surface area contributed by atoms with Gasteiger partial charge in [0.1, 0.15) is 0 Å². The molecule has 0 aliphatic rings. The molecule has 2 nitrogen and oxygen atoms in total. The first kappa shape index (κ1) is 14.9. The molecule has 2 N–H and O–H groups in total. The van der Waals surface area contributed by atoms with Crippen LogP contribution in [0.15, 0.2) is 0 Å². The molecule has 0 aromatic carbocycles. The van der Waals surface area contributed by atoms with Crippen molar-refractivity contribution in [2.24, 2.45) is 17.6 Å². The average molecular weight is 214 g/mol. The Morgan fingerprint density at radius 3 is 1.53 bits per heavy atom. The molecule has 0 rings (SSSR count). The largest absolute Gasteiger partial charge is 0.327 e. The second-order valence-corrected chi connectivity index (χ2v) is 5.64. The van der Waals surface area contributed by atoms with Crippen LogP contribution < -0.4 is 5.73 Å².